The zero-order valence-corrected chi connectivity index (χ0v) is 11.5. The van der Waals surface area contributed by atoms with Crippen LogP contribution in [0.1, 0.15) is 31.7 Å². The summed E-state index contributed by atoms with van der Waals surface area (Å²) in [5.74, 6) is 0.402. The van der Waals surface area contributed by atoms with E-state index in [1.54, 1.807) is 0 Å². The number of hydrogen-bond acceptors (Lipinski definition) is 2. The Morgan fingerprint density at radius 2 is 1.94 bits per heavy atom. The molecule has 1 aromatic rings. The SMILES string of the molecule is CCCNCC(COCC)c1ccc(Cl)cc1. The quantitative estimate of drug-likeness (QED) is 0.719. The smallest absolute Gasteiger partial charge is 0.0546 e. The molecular weight excluding hydrogens is 234 g/mol. The molecule has 0 saturated heterocycles. The third-order valence-corrected chi connectivity index (χ3v) is 2.93. The monoisotopic (exact) mass is 255 g/mol. The van der Waals surface area contributed by atoms with Gasteiger partial charge in [-0.25, -0.2) is 0 Å². The molecule has 1 aromatic carbocycles. The third-order valence-electron chi connectivity index (χ3n) is 2.68. The zero-order valence-electron chi connectivity index (χ0n) is 10.7. The van der Waals surface area contributed by atoms with Gasteiger partial charge in [0.15, 0.2) is 0 Å². The zero-order chi connectivity index (χ0) is 12.5. The van der Waals surface area contributed by atoms with Crippen molar-refractivity contribution in [1.82, 2.24) is 5.32 Å². The van der Waals surface area contributed by atoms with Crippen LogP contribution in [0, 0.1) is 0 Å². The lowest BCUT2D eigenvalue weighted by atomic mass is 10.00. The Morgan fingerprint density at radius 1 is 1.24 bits per heavy atom. The standard InChI is InChI=1S/C14H22ClNO/c1-3-9-16-10-13(11-17-4-2)12-5-7-14(15)8-6-12/h5-8,13,16H,3-4,9-11H2,1-2H3. The molecular formula is C14H22ClNO. The predicted octanol–water partition coefficient (Wildman–Crippen LogP) is 3.46. The van der Waals surface area contributed by atoms with Crippen LogP contribution < -0.4 is 5.32 Å². The molecule has 0 spiro atoms. The van der Waals surface area contributed by atoms with Crippen LogP contribution in [0.4, 0.5) is 0 Å². The Morgan fingerprint density at radius 3 is 2.53 bits per heavy atom. The van der Waals surface area contributed by atoms with Crippen molar-refractivity contribution in [2.75, 3.05) is 26.3 Å². The summed E-state index contributed by atoms with van der Waals surface area (Å²) in [4.78, 5) is 0. The van der Waals surface area contributed by atoms with Crippen molar-refractivity contribution in [1.29, 1.82) is 0 Å². The minimum Gasteiger partial charge on any atom is -0.381 e. The van der Waals surface area contributed by atoms with Crippen LogP contribution in [0.3, 0.4) is 0 Å². The summed E-state index contributed by atoms with van der Waals surface area (Å²) in [6, 6.07) is 8.05. The number of halogens is 1. The third kappa shape index (κ3) is 5.53. The van der Waals surface area contributed by atoms with E-state index in [1.807, 2.05) is 19.1 Å². The van der Waals surface area contributed by atoms with Crippen LogP contribution in [0.2, 0.25) is 5.02 Å². The first-order valence-electron chi connectivity index (χ1n) is 6.31. The summed E-state index contributed by atoms with van der Waals surface area (Å²) in [7, 11) is 0. The van der Waals surface area contributed by atoms with Gasteiger partial charge in [-0.15, -0.1) is 0 Å². The van der Waals surface area contributed by atoms with Crippen molar-refractivity contribution in [2.45, 2.75) is 26.2 Å². The molecule has 0 radical (unpaired) electrons. The van der Waals surface area contributed by atoms with E-state index < -0.39 is 0 Å². The number of nitrogens with one attached hydrogen (secondary N) is 1. The molecule has 2 nitrogen and oxygen atoms in total. The van der Waals surface area contributed by atoms with Crippen LogP contribution in [0.25, 0.3) is 0 Å². The summed E-state index contributed by atoms with van der Waals surface area (Å²) >= 11 is 5.90. The van der Waals surface area contributed by atoms with Gasteiger partial charge >= 0.3 is 0 Å². The Hall–Kier alpha value is -0.570. The Bertz CT molecular complexity index is 300. The maximum atomic E-state index is 5.90. The van der Waals surface area contributed by atoms with Crippen LogP contribution >= 0.6 is 11.6 Å². The van der Waals surface area contributed by atoms with Crippen LogP contribution in [-0.4, -0.2) is 26.3 Å². The first-order valence-corrected chi connectivity index (χ1v) is 6.69. The number of ether oxygens (including phenoxy) is 1. The normalized spacial score (nSPS) is 12.6. The Labute approximate surface area is 109 Å². The molecule has 0 fully saturated rings. The molecule has 96 valence electrons. The van der Waals surface area contributed by atoms with E-state index in [0.717, 1.165) is 37.7 Å². The van der Waals surface area contributed by atoms with Crippen molar-refractivity contribution in [3.63, 3.8) is 0 Å². The molecule has 0 bridgehead atoms. The Balaban J connectivity index is 2.57. The van der Waals surface area contributed by atoms with E-state index in [9.17, 15) is 0 Å². The maximum absolute atomic E-state index is 5.90. The van der Waals surface area contributed by atoms with E-state index in [1.165, 1.54) is 5.56 Å². The fourth-order valence-electron chi connectivity index (χ4n) is 1.72. The van der Waals surface area contributed by atoms with E-state index in [2.05, 4.69) is 24.4 Å². The molecule has 0 amide bonds. The summed E-state index contributed by atoms with van der Waals surface area (Å²) in [6.45, 7) is 7.73. The van der Waals surface area contributed by atoms with Gasteiger partial charge in [-0.2, -0.15) is 0 Å². The van der Waals surface area contributed by atoms with Gasteiger partial charge in [-0.3, -0.25) is 0 Å². The van der Waals surface area contributed by atoms with Gasteiger partial charge in [0.05, 0.1) is 6.61 Å². The fourth-order valence-corrected chi connectivity index (χ4v) is 1.85. The maximum Gasteiger partial charge on any atom is 0.0546 e. The van der Waals surface area contributed by atoms with Crippen molar-refractivity contribution in [3.8, 4) is 0 Å². The molecule has 1 atom stereocenters. The Kier molecular flexibility index (Phi) is 7.25. The summed E-state index contributed by atoms with van der Waals surface area (Å²) in [5.41, 5.74) is 1.28. The van der Waals surface area contributed by atoms with E-state index in [-0.39, 0.29) is 0 Å². The highest BCUT2D eigenvalue weighted by Crippen LogP contribution is 2.18. The molecule has 0 aliphatic heterocycles. The molecule has 0 saturated carbocycles. The van der Waals surface area contributed by atoms with Gasteiger partial charge in [0, 0.05) is 24.1 Å². The number of rotatable bonds is 8. The average Bonchev–Trinajstić information content (AvgIpc) is 2.35. The lowest BCUT2D eigenvalue weighted by Gasteiger charge is -2.18. The summed E-state index contributed by atoms with van der Waals surface area (Å²) in [5, 5.41) is 4.23. The second-order valence-corrected chi connectivity index (χ2v) is 4.55. The topological polar surface area (TPSA) is 21.3 Å². The lowest BCUT2D eigenvalue weighted by Crippen LogP contribution is -2.25. The van der Waals surface area contributed by atoms with Gasteiger partial charge in [0.1, 0.15) is 0 Å². The van der Waals surface area contributed by atoms with Gasteiger partial charge in [0.2, 0.25) is 0 Å². The van der Waals surface area contributed by atoms with Crippen molar-refractivity contribution < 1.29 is 4.74 Å². The molecule has 17 heavy (non-hydrogen) atoms. The van der Waals surface area contributed by atoms with E-state index in [4.69, 9.17) is 16.3 Å². The van der Waals surface area contributed by atoms with Gasteiger partial charge in [-0.05, 0) is 37.6 Å². The summed E-state index contributed by atoms with van der Waals surface area (Å²) in [6.07, 6.45) is 1.15. The van der Waals surface area contributed by atoms with Gasteiger partial charge in [-0.1, -0.05) is 30.7 Å². The van der Waals surface area contributed by atoms with Crippen molar-refractivity contribution in [2.24, 2.45) is 0 Å². The van der Waals surface area contributed by atoms with E-state index in [0.29, 0.717) is 5.92 Å². The molecule has 0 aliphatic rings. The minimum atomic E-state index is 0.402. The van der Waals surface area contributed by atoms with Gasteiger partial charge in [0.25, 0.3) is 0 Å². The van der Waals surface area contributed by atoms with Crippen molar-refractivity contribution in [3.05, 3.63) is 34.9 Å². The molecule has 1 N–H and O–H groups in total. The highest BCUT2D eigenvalue weighted by Gasteiger charge is 2.11. The summed E-state index contributed by atoms with van der Waals surface area (Å²) < 4.78 is 5.54. The second-order valence-electron chi connectivity index (χ2n) is 4.11. The second kappa shape index (κ2) is 8.51. The van der Waals surface area contributed by atoms with Crippen LogP contribution in [0.5, 0.6) is 0 Å². The largest absolute Gasteiger partial charge is 0.381 e. The fraction of sp³-hybridized carbons (Fsp3) is 0.571. The van der Waals surface area contributed by atoms with Crippen LogP contribution in [0.15, 0.2) is 24.3 Å². The first-order chi connectivity index (χ1) is 8.27. The van der Waals surface area contributed by atoms with E-state index >= 15 is 0 Å². The molecule has 1 rings (SSSR count). The lowest BCUT2D eigenvalue weighted by molar-refractivity contribution is 0.131. The molecule has 1 unspecified atom stereocenters. The minimum absolute atomic E-state index is 0.402. The first kappa shape index (κ1) is 14.5. The molecule has 0 aliphatic carbocycles. The molecule has 0 aromatic heterocycles. The molecule has 0 heterocycles. The highest BCUT2D eigenvalue weighted by molar-refractivity contribution is 6.30. The van der Waals surface area contributed by atoms with Gasteiger partial charge < -0.3 is 10.1 Å². The molecule has 3 heteroatoms. The number of hydrogen-bond donors (Lipinski definition) is 1. The number of benzene rings is 1. The predicted molar refractivity (Wildman–Crippen MR) is 73.8 cm³/mol. The highest BCUT2D eigenvalue weighted by atomic mass is 35.5. The van der Waals surface area contributed by atoms with Crippen LogP contribution in [-0.2, 0) is 4.74 Å². The van der Waals surface area contributed by atoms with Crippen molar-refractivity contribution >= 4 is 11.6 Å². The average molecular weight is 256 g/mol.